The topological polar surface area (TPSA) is 40.3 Å². The van der Waals surface area contributed by atoms with Crippen molar-refractivity contribution in [2.75, 3.05) is 112 Å². The lowest BCUT2D eigenvalue weighted by Crippen LogP contribution is -2.93. The molecule has 1 aromatic rings. The van der Waals surface area contributed by atoms with Gasteiger partial charge >= 0.3 is 0 Å². The largest absolute Gasteiger partial charge is 0.315 e. The summed E-state index contributed by atoms with van der Waals surface area (Å²) >= 11 is 0. The molecular weight excluding hydrogens is 508 g/mol. The third kappa shape index (κ3) is 5.76. The summed E-state index contributed by atoms with van der Waals surface area (Å²) in [4.78, 5) is 13.8. The highest BCUT2D eigenvalue weighted by Crippen LogP contribution is 2.52. The van der Waals surface area contributed by atoms with Crippen LogP contribution in [0.1, 0.15) is 50.7 Å². The Morgan fingerprint density at radius 2 is 1.29 bits per heavy atom. The summed E-state index contributed by atoms with van der Waals surface area (Å²) in [5, 5.41) is 7.19. The molecule has 5 aliphatic rings. The van der Waals surface area contributed by atoms with Crippen LogP contribution in [-0.4, -0.2) is 152 Å². The molecule has 1 aromatic carbocycles. The summed E-state index contributed by atoms with van der Waals surface area (Å²) in [6, 6.07) is 9.85. The van der Waals surface area contributed by atoms with E-state index < -0.39 is 0 Å². The van der Waals surface area contributed by atoms with E-state index in [1.165, 1.54) is 107 Å². The molecule has 230 valence electrons. The monoisotopic (exact) mass is 567 g/mol. The van der Waals surface area contributed by atoms with Crippen molar-refractivity contribution < 1.29 is 4.48 Å². The average molecular weight is 568 g/mol. The van der Waals surface area contributed by atoms with E-state index >= 15 is 0 Å². The molecule has 41 heavy (non-hydrogen) atoms. The summed E-state index contributed by atoms with van der Waals surface area (Å²) in [5.74, 6) is 0. The van der Waals surface area contributed by atoms with Crippen molar-refractivity contribution in [1.82, 2.24) is 35.1 Å². The fourth-order valence-electron chi connectivity index (χ4n) is 9.30. The zero-order valence-electron chi connectivity index (χ0n) is 26.5. The Morgan fingerprint density at radius 3 is 2.07 bits per heavy atom. The molecule has 0 aliphatic carbocycles. The number of benzene rings is 1. The Labute approximate surface area is 250 Å². The average Bonchev–Trinajstić information content (AvgIpc) is 2.97. The Balaban J connectivity index is 1.15. The lowest BCUT2D eigenvalue weighted by atomic mass is 9.77. The first-order chi connectivity index (χ1) is 19.9. The molecule has 8 heteroatoms. The Kier molecular flexibility index (Phi) is 9.40. The van der Waals surface area contributed by atoms with Gasteiger partial charge in [0.15, 0.2) is 5.66 Å². The van der Waals surface area contributed by atoms with Gasteiger partial charge in [0.1, 0.15) is 12.2 Å². The molecule has 5 fully saturated rings. The summed E-state index contributed by atoms with van der Waals surface area (Å²) in [5.41, 5.74) is 3.28. The van der Waals surface area contributed by atoms with Crippen LogP contribution in [0.15, 0.2) is 24.3 Å². The molecule has 0 aromatic heterocycles. The van der Waals surface area contributed by atoms with Crippen LogP contribution in [0.5, 0.6) is 0 Å². The van der Waals surface area contributed by atoms with E-state index in [1.807, 2.05) is 0 Å². The van der Waals surface area contributed by atoms with Crippen molar-refractivity contribution in [2.45, 2.75) is 63.9 Å². The molecule has 5 heterocycles. The maximum absolute atomic E-state index is 3.62. The van der Waals surface area contributed by atoms with Crippen LogP contribution in [0, 0.1) is 0 Å². The van der Waals surface area contributed by atoms with E-state index in [0.717, 1.165) is 52.4 Å². The molecule has 1 unspecified atom stereocenters. The van der Waals surface area contributed by atoms with Crippen LogP contribution in [-0.2, 0) is 13.1 Å². The van der Waals surface area contributed by atoms with Crippen LogP contribution in [0.2, 0.25) is 0 Å². The predicted molar refractivity (Wildman–Crippen MR) is 169 cm³/mol. The van der Waals surface area contributed by atoms with Crippen LogP contribution < -0.4 is 10.6 Å². The fourth-order valence-corrected chi connectivity index (χ4v) is 9.30. The Morgan fingerprint density at radius 1 is 0.634 bits per heavy atom. The maximum atomic E-state index is 3.62. The van der Waals surface area contributed by atoms with Gasteiger partial charge in [0.25, 0.3) is 0 Å². The molecule has 0 bridgehead atoms. The molecule has 6 rings (SSSR count). The molecule has 0 saturated carbocycles. The van der Waals surface area contributed by atoms with E-state index in [4.69, 9.17) is 0 Å². The molecule has 3 atom stereocenters. The van der Waals surface area contributed by atoms with Crippen molar-refractivity contribution in [3.63, 3.8) is 0 Å². The highest BCUT2D eigenvalue weighted by Gasteiger charge is 2.72. The predicted octanol–water partition coefficient (Wildman–Crippen LogP) is 1.88. The molecule has 5 saturated heterocycles. The van der Waals surface area contributed by atoms with E-state index in [2.05, 4.69) is 80.3 Å². The Hall–Kier alpha value is -1.10. The van der Waals surface area contributed by atoms with Crippen molar-refractivity contribution in [1.29, 1.82) is 0 Å². The van der Waals surface area contributed by atoms with Gasteiger partial charge in [-0.25, -0.2) is 4.90 Å². The molecule has 0 radical (unpaired) electrons. The summed E-state index contributed by atoms with van der Waals surface area (Å²) in [7, 11) is 2.29. The normalized spacial score (nSPS) is 36.0. The molecule has 0 amide bonds. The van der Waals surface area contributed by atoms with Gasteiger partial charge in [-0.1, -0.05) is 24.3 Å². The van der Waals surface area contributed by atoms with Crippen LogP contribution in [0.25, 0.3) is 0 Å². The minimum atomic E-state index is 0.139. The number of likely N-dealkylation sites (N-methyl/N-ethyl adjacent to an activating group) is 1. The van der Waals surface area contributed by atoms with Gasteiger partial charge in [0.05, 0.1) is 13.1 Å². The second-order valence-corrected chi connectivity index (χ2v) is 14.1. The standard InChI is InChI=1S/C33H59N8/c1-32-33(2)40-20-7-26-41(33,27-25-39(32)19-6-18-38(32)23-24-40)29-31-10-8-30(9-11-31)28-37-17-5-13-35-15-14-34-12-4-16-36(3)21-22-37/h8-11,34-35H,4-7,12-29H2,1-3H3/q+1/t32-,33+,41?/m1/s1. The number of hydrogen-bond acceptors (Lipinski definition) is 7. The minimum Gasteiger partial charge on any atom is -0.315 e. The van der Waals surface area contributed by atoms with E-state index in [0.29, 0.717) is 0 Å². The smallest absolute Gasteiger partial charge is 0.185 e. The second-order valence-electron chi connectivity index (χ2n) is 14.1. The molecule has 8 nitrogen and oxygen atoms in total. The second kappa shape index (κ2) is 12.9. The lowest BCUT2D eigenvalue weighted by Gasteiger charge is -2.75. The SMILES string of the molecule is CN1CCCNCCNCCCN(Cc2ccc(C[N+]34CCCN5CCN6CCCN(CC3)[C@]6(C)[C@@]54C)cc2)CC1. The third-order valence-electron chi connectivity index (χ3n) is 11.9. The quantitative estimate of drug-likeness (QED) is 0.539. The minimum absolute atomic E-state index is 0.139. The van der Waals surface area contributed by atoms with Gasteiger partial charge in [0.2, 0.25) is 0 Å². The van der Waals surface area contributed by atoms with E-state index in [-0.39, 0.29) is 11.3 Å². The first-order valence-corrected chi connectivity index (χ1v) is 17.0. The van der Waals surface area contributed by atoms with E-state index in [9.17, 15) is 0 Å². The summed E-state index contributed by atoms with van der Waals surface area (Å²) < 4.78 is 1.23. The van der Waals surface area contributed by atoms with E-state index in [1.54, 1.807) is 0 Å². The van der Waals surface area contributed by atoms with Crippen molar-refractivity contribution in [2.24, 2.45) is 0 Å². The number of quaternary nitrogens is 1. The highest BCUT2D eigenvalue weighted by molar-refractivity contribution is 5.23. The van der Waals surface area contributed by atoms with Gasteiger partial charge in [-0.2, -0.15) is 0 Å². The van der Waals surface area contributed by atoms with Crippen LogP contribution >= 0.6 is 0 Å². The number of hydrogen-bond donors (Lipinski definition) is 2. The van der Waals surface area contributed by atoms with Gasteiger partial charge < -0.3 is 15.5 Å². The summed E-state index contributed by atoms with van der Waals surface area (Å²) in [6.07, 6.45) is 5.10. The van der Waals surface area contributed by atoms with Gasteiger partial charge in [-0.05, 0) is 65.0 Å². The zero-order chi connectivity index (χ0) is 28.3. The van der Waals surface area contributed by atoms with Gasteiger partial charge in [-0.3, -0.25) is 19.2 Å². The zero-order valence-corrected chi connectivity index (χ0v) is 26.5. The highest BCUT2D eigenvalue weighted by atomic mass is 15.7. The summed E-state index contributed by atoms with van der Waals surface area (Å²) in [6.45, 7) is 26.6. The first kappa shape index (κ1) is 29.9. The van der Waals surface area contributed by atoms with Crippen LogP contribution in [0.4, 0.5) is 0 Å². The first-order valence-electron chi connectivity index (χ1n) is 17.0. The van der Waals surface area contributed by atoms with Crippen molar-refractivity contribution >= 4 is 0 Å². The number of nitrogens with zero attached hydrogens (tertiary/aromatic N) is 6. The molecule has 5 aliphatic heterocycles. The maximum Gasteiger partial charge on any atom is 0.185 e. The Bertz CT molecular complexity index is 980. The lowest BCUT2D eigenvalue weighted by molar-refractivity contribution is -1.02. The molecule has 0 spiro atoms. The number of nitrogens with one attached hydrogen (secondary N) is 2. The molecular formula is C33H59N8+. The van der Waals surface area contributed by atoms with Gasteiger partial charge in [-0.15, -0.1) is 0 Å². The molecule has 2 N–H and O–H groups in total. The van der Waals surface area contributed by atoms with Crippen LogP contribution in [0.3, 0.4) is 0 Å². The third-order valence-corrected chi connectivity index (χ3v) is 11.9. The number of rotatable bonds is 4. The fraction of sp³-hybridized carbons (Fsp3) is 0.818. The van der Waals surface area contributed by atoms with Gasteiger partial charge in [0, 0.05) is 90.9 Å². The van der Waals surface area contributed by atoms with Crippen molar-refractivity contribution in [3.05, 3.63) is 35.4 Å². The van der Waals surface area contributed by atoms with Crippen molar-refractivity contribution in [3.8, 4) is 0 Å². The number of piperazine rings is 2.